The summed E-state index contributed by atoms with van der Waals surface area (Å²) in [4.78, 5) is 32.5. The molecule has 0 aromatic rings. The van der Waals surface area contributed by atoms with Crippen molar-refractivity contribution in [1.29, 1.82) is 0 Å². The third kappa shape index (κ3) is 5.45. The van der Waals surface area contributed by atoms with Gasteiger partial charge in [0.1, 0.15) is 0 Å². The van der Waals surface area contributed by atoms with Crippen molar-refractivity contribution in [2.75, 3.05) is 14.2 Å². The largest absolute Gasteiger partial charge is 0.466 e. The number of rotatable bonds is 4. The van der Waals surface area contributed by atoms with Gasteiger partial charge in [0.05, 0.1) is 7.11 Å². The van der Waals surface area contributed by atoms with Crippen LogP contribution in [-0.4, -0.2) is 38.1 Å². The first-order valence-electron chi connectivity index (χ1n) is 4.19. The summed E-state index contributed by atoms with van der Waals surface area (Å²) in [5, 5.41) is 2.31. The van der Waals surface area contributed by atoms with Crippen LogP contribution in [0, 0.1) is 0 Å². The molecular weight excluding hydrogens is 202 g/mol. The average Bonchev–Trinajstić information content (AvgIpc) is 2.24. The molecule has 0 aromatic carbocycles. The van der Waals surface area contributed by atoms with E-state index in [1.807, 2.05) is 0 Å². The van der Waals surface area contributed by atoms with Crippen molar-refractivity contribution in [3.8, 4) is 0 Å². The van der Waals surface area contributed by atoms with Crippen LogP contribution in [-0.2, 0) is 23.9 Å². The van der Waals surface area contributed by atoms with Gasteiger partial charge < -0.3 is 14.8 Å². The summed E-state index contributed by atoms with van der Waals surface area (Å²) >= 11 is 0. The molecule has 1 amide bonds. The van der Waals surface area contributed by atoms with Crippen LogP contribution in [0.15, 0.2) is 12.2 Å². The van der Waals surface area contributed by atoms with E-state index < -0.39 is 23.9 Å². The van der Waals surface area contributed by atoms with Crippen LogP contribution in [0.3, 0.4) is 0 Å². The molecule has 0 rings (SSSR count). The lowest BCUT2D eigenvalue weighted by atomic mass is 10.4. The molecule has 0 bridgehead atoms. The zero-order valence-corrected chi connectivity index (χ0v) is 8.77. The lowest BCUT2D eigenvalue weighted by Crippen LogP contribution is -2.32. The Bertz CT molecular complexity index is 284. The number of methoxy groups -OCH3 is 1. The first-order valence-corrected chi connectivity index (χ1v) is 4.19. The third-order valence-electron chi connectivity index (χ3n) is 1.47. The van der Waals surface area contributed by atoms with Crippen molar-refractivity contribution in [1.82, 2.24) is 5.32 Å². The molecule has 0 aliphatic heterocycles. The van der Waals surface area contributed by atoms with Crippen molar-refractivity contribution >= 4 is 17.8 Å². The zero-order valence-electron chi connectivity index (χ0n) is 8.77. The van der Waals surface area contributed by atoms with Crippen molar-refractivity contribution in [2.24, 2.45) is 0 Å². The summed E-state index contributed by atoms with van der Waals surface area (Å²) in [7, 11) is 2.61. The van der Waals surface area contributed by atoms with Gasteiger partial charge in [-0.05, 0) is 6.92 Å². The Morgan fingerprint density at radius 3 is 2.20 bits per heavy atom. The maximum Gasteiger partial charge on any atom is 0.331 e. The summed E-state index contributed by atoms with van der Waals surface area (Å²) in [6.45, 7) is 1.42. The molecule has 15 heavy (non-hydrogen) atoms. The molecule has 0 aromatic heterocycles. The molecule has 0 spiro atoms. The second kappa shape index (κ2) is 6.58. The number of amides is 1. The Labute approximate surface area is 87.2 Å². The molecule has 0 saturated heterocycles. The van der Waals surface area contributed by atoms with Crippen LogP contribution >= 0.6 is 0 Å². The van der Waals surface area contributed by atoms with E-state index in [-0.39, 0.29) is 0 Å². The van der Waals surface area contributed by atoms with Gasteiger partial charge in [-0.25, -0.2) is 9.59 Å². The fourth-order valence-electron chi connectivity index (χ4n) is 0.674. The Morgan fingerprint density at radius 1 is 1.20 bits per heavy atom. The van der Waals surface area contributed by atoms with E-state index in [0.29, 0.717) is 0 Å². The third-order valence-corrected chi connectivity index (χ3v) is 1.47. The second-order valence-electron chi connectivity index (χ2n) is 2.55. The maximum absolute atomic E-state index is 11.0. The summed E-state index contributed by atoms with van der Waals surface area (Å²) in [6, 6.07) is 0. The van der Waals surface area contributed by atoms with Crippen molar-refractivity contribution in [3.63, 3.8) is 0 Å². The lowest BCUT2D eigenvalue weighted by molar-refractivity contribution is -0.150. The Kier molecular flexibility index (Phi) is 5.77. The zero-order chi connectivity index (χ0) is 11.8. The smallest absolute Gasteiger partial charge is 0.331 e. The normalized spacial score (nSPS) is 11.9. The first kappa shape index (κ1) is 13.2. The Balaban J connectivity index is 4.09. The highest BCUT2D eigenvalue weighted by molar-refractivity contribution is 5.93. The second-order valence-corrected chi connectivity index (χ2v) is 2.55. The van der Waals surface area contributed by atoms with E-state index in [9.17, 15) is 14.4 Å². The van der Waals surface area contributed by atoms with Crippen LogP contribution < -0.4 is 5.32 Å². The molecule has 6 heteroatoms. The topological polar surface area (TPSA) is 81.7 Å². The van der Waals surface area contributed by atoms with Gasteiger partial charge in [0, 0.05) is 19.2 Å². The predicted octanol–water partition coefficient (Wildman–Crippen LogP) is -0.607. The minimum Gasteiger partial charge on any atom is -0.466 e. The molecule has 0 radical (unpaired) electrons. The number of hydrogen-bond donors (Lipinski definition) is 1. The number of carbonyl (C=O) groups excluding carboxylic acids is 3. The summed E-state index contributed by atoms with van der Waals surface area (Å²) in [5.41, 5.74) is 0. The first-order chi connectivity index (χ1) is 7.01. The van der Waals surface area contributed by atoms with E-state index in [4.69, 9.17) is 0 Å². The van der Waals surface area contributed by atoms with Gasteiger partial charge in [0.15, 0.2) is 6.10 Å². The Hall–Kier alpha value is -1.85. The fraction of sp³-hybridized carbons (Fsp3) is 0.444. The van der Waals surface area contributed by atoms with E-state index in [1.165, 1.54) is 21.1 Å². The molecular formula is C9H13NO5. The highest BCUT2D eigenvalue weighted by Gasteiger charge is 2.14. The molecule has 0 aliphatic rings. The molecule has 0 fully saturated rings. The number of carbonyl (C=O) groups is 3. The standard InChI is InChI=1S/C9H13NO5/c1-6(9(13)10-2)15-8(12)5-4-7(11)14-3/h4-6H,1-3H3,(H,10,13)/b5-4+. The van der Waals surface area contributed by atoms with Gasteiger partial charge in [-0.2, -0.15) is 0 Å². The maximum atomic E-state index is 11.0. The summed E-state index contributed by atoms with van der Waals surface area (Å²) in [5.74, 6) is -1.87. The van der Waals surface area contributed by atoms with E-state index in [1.54, 1.807) is 0 Å². The van der Waals surface area contributed by atoms with Gasteiger partial charge >= 0.3 is 11.9 Å². The number of nitrogens with one attached hydrogen (secondary N) is 1. The fourth-order valence-corrected chi connectivity index (χ4v) is 0.674. The van der Waals surface area contributed by atoms with E-state index >= 15 is 0 Å². The SMILES string of the molecule is CNC(=O)C(C)OC(=O)/C=C/C(=O)OC. The minimum absolute atomic E-state index is 0.421. The highest BCUT2D eigenvalue weighted by Crippen LogP contribution is 1.93. The van der Waals surface area contributed by atoms with Crippen LogP contribution in [0.5, 0.6) is 0 Å². The van der Waals surface area contributed by atoms with Crippen molar-refractivity contribution in [2.45, 2.75) is 13.0 Å². The molecule has 1 N–H and O–H groups in total. The molecule has 1 unspecified atom stereocenters. The Morgan fingerprint density at radius 2 is 1.73 bits per heavy atom. The average molecular weight is 215 g/mol. The van der Waals surface area contributed by atoms with Crippen molar-refractivity contribution < 1.29 is 23.9 Å². The van der Waals surface area contributed by atoms with Crippen molar-refractivity contribution in [3.05, 3.63) is 12.2 Å². The molecule has 0 saturated carbocycles. The van der Waals surface area contributed by atoms with Crippen LogP contribution in [0.4, 0.5) is 0 Å². The van der Waals surface area contributed by atoms with Gasteiger partial charge in [0.25, 0.3) is 5.91 Å². The quantitative estimate of drug-likeness (QED) is 0.500. The van der Waals surface area contributed by atoms with Gasteiger partial charge in [-0.1, -0.05) is 0 Å². The molecule has 6 nitrogen and oxygen atoms in total. The number of ether oxygens (including phenoxy) is 2. The highest BCUT2D eigenvalue weighted by atomic mass is 16.5. The number of likely N-dealkylation sites (N-methyl/N-ethyl adjacent to an activating group) is 1. The predicted molar refractivity (Wildman–Crippen MR) is 50.8 cm³/mol. The van der Waals surface area contributed by atoms with E-state index in [2.05, 4.69) is 14.8 Å². The molecule has 0 aliphatic carbocycles. The van der Waals surface area contributed by atoms with Gasteiger partial charge in [-0.3, -0.25) is 4.79 Å². The number of esters is 2. The molecule has 0 heterocycles. The van der Waals surface area contributed by atoms with Crippen LogP contribution in [0.25, 0.3) is 0 Å². The summed E-state index contributed by atoms with van der Waals surface area (Å²) < 4.78 is 8.91. The molecule has 1 atom stereocenters. The van der Waals surface area contributed by atoms with Crippen LogP contribution in [0.2, 0.25) is 0 Å². The van der Waals surface area contributed by atoms with Gasteiger partial charge in [-0.15, -0.1) is 0 Å². The number of hydrogen-bond acceptors (Lipinski definition) is 5. The van der Waals surface area contributed by atoms with Gasteiger partial charge in [0.2, 0.25) is 0 Å². The monoisotopic (exact) mass is 215 g/mol. The lowest BCUT2D eigenvalue weighted by Gasteiger charge is -2.09. The van der Waals surface area contributed by atoms with Crippen LogP contribution in [0.1, 0.15) is 6.92 Å². The molecule has 84 valence electrons. The summed E-state index contributed by atoms with van der Waals surface area (Å²) in [6.07, 6.45) is 0.911. The minimum atomic E-state index is -0.898. The van der Waals surface area contributed by atoms with E-state index in [0.717, 1.165) is 12.2 Å².